The zero-order valence-electron chi connectivity index (χ0n) is 43.3. The number of aromatic amines is 1. The minimum atomic E-state index is -5.34. The van der Waals surface area contributed by atoms with Crippen LogP contribution < -0.4 is 20.3 Å². The summed E-state index contributed by atoms with van der Waals surface area (Å²) in [5, 5.41) is 24.6. The lowest BCUT2D eigenvalue weighted by Gasteiger charge is -2.35. The number of thiocarbonyl (C=S) groups is 1. The van der Waals surface area contributed by atoms with Gasteiger partial charge < -0.3 is 40.0 Å². The van der Waals surface area contributed by atoms with Crippen LogP contribution >= 0.6 is 12.2 Å². The summed E-state index contributed by atoms with van der Waals surface area (Å²) < 4.78 is 128. The second-order valence-corrected chi connectivity index (χ2v) is 20.2. The lowest BCUT2D eigenvalue weighted by molar-refractivity contribution is -0.141. The molecule has 3 aromatic carbocycles. The van der Waals surface area contributed by atoms with Crippen molar-refractivity contribution in [2.45, 2.75) is 96.9 Å². The maximum Gasteiger partial charge on any atom is 0.420 e. The number of likely N-dealkylation sites (tertiary alicyclic amines) is 1. The first-order valence-electron chi connectivity index (χ1n) is 24.1. The van der Waals surface area contributed by atoms with E-state index in [-0.39, 0.29) is 56.4 Å². The number of hydrogen-bond donors (Lipinski definition) is 4. The monoisotopic (exact) mass is 1110 g/mol. The van der Waals surface area contributed by atoms with Crippen molar-refractivity contribution in [3.05, 3.63) is 118 Å². The minimum absolute atomic E-state index is 0.0120. The van der Waals surface area contributed by atoms with E-state index in [1.165, 1.54) is 38.8 Å². The molecular weight excluding hydrogens is 1060 g/mol. The van der Waals surface area contributed by atoms with Gasteiger partial charge in [0.05, 0.1) is 53.5 Å². The van der Waals surface area contributed by atoms with E-state index in [0.29, 0.717) is 40.2 Å². The van der Waals surface area contributed by atoms with Gasteiger partial charge in [0.15, 0.2) is 16.8 Å². The molecular formula is C53H55F8N9O7S. The number of carbonyl (C=O) groups is 4. The van der Waals surface area contributed by atoms with E-state index < -0.39 is 116 Å². The molecule has 6 rings (SSSR count). The number of imidazole rings is 1. The van der Waals surface area contributed by atoms with Crippen LogP contribution in [0.5, 0.6) is 5.75 Å². The van der Waals surface area contributed by atoms with Gasteiger partial charge in [-0.3, -0.25) is 29.1 Å². The van der Waals surface area contributed by atoms with E-state index in [9.17, 15) is 55.9 Å². The molecule has 0 unspecified atom stereocenters. The fraction of sp³-hybridized carbons (Fsp3) is 0.396. The van der Waals surface area contributed by atoms with Crippen molar-refractivity contribution in [1.29, 1.82) is 5.26 Å². The van der Waals surface area contributed by atoms with Crippen molar-refractivity contribution in [3.63, 3.8) is 0 Å². The van der Waals surface area contributed by atoms with Gasteiger partial charge in [0.2, 0.25) is 11.8 Å². The van der Waals surface area contributed by atoms with Crippen molar-refractivity contribution < 1.29 is 68.9 Å². The van der Waals surface area contributed by atoms with E-state index in [1.807, 2.05) is 0 Å². The van der Waals surface area contributed by atoms with Gasteiger partial charge in [0.1, 0.15) is 41.0 Å². The number of aromatic nitrogens is 2. The molecule has 25 heteroatoms. The number of halogens is 8. The second-order valence-electron chi connectivity index (χ2n) is 19.8. The van der Waals surface area contributed by atoms with Crippen LogP contribution in [0.2, 0.25) is 0 Å². The highest BCUT2D eigenvalue weighted by Gasteiger charge is 2.52. The average molecular weight is 1110 g/mol. The first-order chi connectivity index (χ1) is 36.5. The highest BCUT2D eigenvalue weighted by atomic mass is 32.1. The largest absolute Gasteiger partial charge is 0.494 e. The molecule has 16 nitrogen and oxygen atoms in total. The standard InChI is InChI=1S/C53H55F8N9O7S/c1-28(70-49(78)69(48(75)51(70,5)6)38-18-15-31(24-62)41(42(38)55)53(59,60)61)21-36(54)43(63-7)34-17-16-33(23-35(34)52(56,57)58)77-20-10-9-19-76-27-40(72)67-44(50(2,3)4)47(74)68-26-32(71)22-39(68)45-65-25-37(66-45)29-11-13-30(14-12-29)46(73)64-8/h11-18,21,23,25,32,39,44,71H,7,9-10,19-20,22,26-27H2,1-6,8H3,(H,64,73)(H,65,66)(H,67,72)/b28-21+,43-36+/t32-,39+,44-/m1/s1. The van der Waals surface area contributed by atoms with Crippen LogP contribution in [0.1, 0.15) is 105 Å². The van der Waals surface area contributed by atoms with Crippen molar-refractivity contribution in [2.24, 2.45) is 10.4 Å². The molecule has 0 aliphatic carbocycles. The summed E-state index contributed by atoms with van der Waals surface area (Å²) in [5.41, 5.74) is -7.97. The maximum atomic E-state index is 16.1. The quantitative estimate of drug-likeness (QED) is 0.0243. The molecule has 416 valence electrons. The van der Waals surface area contributed by atoms with Crippen LogP contribution in [0.4, 0.5) is 40.8 Å². The Bertz CT molecular complexity index is 3090. The Kier molecular flexibility index (Phi) is 18.0. The number of carbonyl (C=O) groups excluding carboxylic acids is 4. The summed E-state index contributed by atoms with van der Waals surface area (Å²) in [6.07, 6.45) is -8.31. The fourth-order valence-electron chi connectivity index (χ4n) is 8.96. The average Bonchev–Trinajstić information content (AvgIpc) is 4.15. The Morgan fingerprint density at radius 2 is 1.72 bits per heavy atom. The van der Waals surface area contributed by atoms with Gasteiger partial charge in [0, 0.05) is 43.4 Å². The van der Waals surface area contributed by atoms with Gasteiger partial charge in [-0.25, -0.2) is 13.8 Å². The summed E-state index contributed by atoms with van der Waals surface area (Å²) in [7, 11) is 1.53. The molecule has 1 aromatic heterocycles. The van der Waals surface area contributed by atoms with E-state index in [1.54, 1.807) is 51.2 Å². The molecule has 0 radical (unpaired) electrons. The number of rotatable bonds is 18. The number of hydrogen-bond acceptors (Lipinski definition) is 11. The number of amides is 4. The first kappa shape index (κ1) is 59.7. The van der Waals surface area contributed by atoms with Crippen LogP contribution in [-0.4, -0.2) is 111 Å². The predicted molar refractivity (Wildman–Crippen MR) is 274 cm³/mol. The Morgan fingerprint density at radius 3 is 2.32 bits per heavy atom. The van der Waals surface area contributed by atoms with Crippen molar-refractivity contribution in [3.8, 4) is 23.1 Å². The van der Waals surface area contributed by atoms with Gasteiger partial charge in [-0.1, -0.05) is 32.9 Å². The molecule has 0 saturated carbocycles. The number of nitrogens with one attached hydrogen (secondary N) is 3. The lowest BCUT2D eigenvalue weighted by Crippen LogP contribution is -2.55. The molecule has 0 bridgehead atoms. The molecule has 2 aliphatic heterocycles. The molecule has 4 amide bonds. The number of nitrogens with zero attached hydrogens (tertiary/aromatic N) is 6. The Balaban J connectivity index is 1.05. The number of nitriles is 1. The van der Waals surface area contributed by atoms with Gasteiger partial charge in [-0.2, -0.15) is 31.6 Å². The molecule has 4 aromatic rings. The smallest absolute Gasteiger partial charge is 0.420 e. The van der Waals surface area contributed by atoms with Gasteiger partial charge in [-0.15, -0.1) is 0 Å². The highest BCUT2D eigenvalue weighted by molar-refractivity contribution is 7.80. The number of aliphatic imine (C=N–C) groups is 1. The molecule has 0 spiro atoms. The molecule has 3 atom stereocenters. The number of ether oxygens (including phenoxy) is 2. The number of H-pyrrole nitrogens is 1. The Hall–Kier alpha value is -7.56. The molecule has 2 saturated heterocycles. The summed E-state index contributed by atoms with van der Waals surface area (Å²) in [6.45, 7) is 11.7. The zero-order chi connectivity index (χ0) is 57.8. The lowest BCUT2D eigenvalue weighted by atomic mass is 9.85. The summed E-state index contributed by atoms with van der Waals surface area (Å²) in [4.78, 5) is 67.0. The van der Waals surface area contributed by atoms with Crippen molar-refractivity contribution in [1.82, 2.24) is 30.4 Å². The summed E-state index contributed by atoms with van der Waals surface area (Å²) >= 11 is 5.38. The number of alkyl halides is 6. The van der Waals surface area contributed by atoms with E-state index >= 15 is 8.78 Å². The van der Waals surface area contributed by atoms with E-state index in [4.69, 9.17) is 21.7 Å². The number of benzene rings is 3. The summed E-state index contributed by atoms with van der Waals surface area (Å²) in [5.74, 6) is -5.53. The topological polar surface area (TPSA) is 206 Å². The molecule has 78 heavy (non-hydrogen) atoms. The third-order valence-electron chi connectivity index (χ3n) is 12.8. The second kappa shape index (κ2) is 23.6. The van der Waals surface area contributed by atoms with Gasteiger partial charge in [0.25, 0.3) is 11.8 Å². The van der Waals surface area contributed by atoms with Crippen LogP contribution in [0.3, 0.4) is 0 Å². The minimum Gasteiger partial charge on any atom is -0.494 e. The van der Waals surface area contributed by atoms with Gasteiger partial charge >= 0.3 is 12.4 Å². The zero-order valence-corrected chi connectivity index (χ0v) is 44.1. The van der Waals surface area contributed by atoms with Crippen LogP contribution in [0.15, 0.2) is 83.4 Å². The fourth-order valence-corrected chi connectivity index (χ4v) is 9.51. The van der Waals surface area contributed by atoms with E-state index in [0.717, 1.165) is 28.7 Å². The first-order valence-corrected chi connectivity index (χ1v) is 24.5. The van der Waals surface area contributed by atoms with Crippen LogP contribution in [0.25, 0.3) is 17.0 Å². The summed E-state index contributed by atoms with van der Waals surface area (Å²) in [6, 6.07) is 10.5. The van der Waals surface area contributed by atoms with Crippen molar-refractivity contribution >= 4 is 59.1 Å². The van der Waals surface area contributed by atoms with Crippen LogP contribution in [0, 0.1) is 22.6 Å². The Labute approximate surface area is 448 Å². The third-order valence-corrected chi connectivity index (χ3v) is 13.2. The Morgan fingerprint density at radius 1 is 1.05 bits per heavy atom. The molecule has 4 N–H and O–H groups in total. The number of β-amino-alcohol motifs (C(OH)–C–C–N with tert-alkyl or cyclic N) is 1. The molecule has 2 fully saturated rings. The third kappa shape index (κ3) is 12.9. The number of allylic oxidation sites excluding steroid dienone is 3. The highest BCUT2D eigenvalue weighted by Crippen LogP contribution is 2.43. The number of aliphatic hydroxyl groups is 1. The van der Waals surface area contributed by atoms with E-state index in [2.05, 4.69) is 32.3 Å². The molecule has 2 aliphatic rings. The molecule has 3 heterocycles. The van der Waals surface area contributed by atoms with Gasteiger partial charge in [-0.05, 0) is 112 Å². The normalized spacial score (nSPS) is 17.7. The van der Waals surface area contributed by atoms with Crippen molar-refractivity contribution in [2.75, 3.05) is 38.3 Å². The van der Waals surface area contributed by atoms with Crippen LogP contribution in [-0.2, 0) is 31.5 Å². The number of aliphatic hydroxyl groups excluding tert-OH is 1. The maximum absolute atomic E-state index is 16.1. The predicted octanol–water partition coefficient (Wildman–Crippen LogP) is 9.18. The number of unbranched alkanes of at least 4 members (excludes halogenated alkanes) is 1. The SMILES string of the molecule is C=N/C(=C(F)\C=C(/C)N1C(=S)N(c2ccc(C#N)c(C(F)(F)F)c2F)C(=O)C1(C)C)c1ccc(OCCCCOCC(=O)N[C@H](C(=O)N2C[C@H](O)C[C@H]2c2ncc(-c3ccc(C(=O)NC)cc3)[nH]2)C(C)(C)C)cc1C(F)(F)F. The number of anilines is 1.